The van der Waals surface area contributed by atoms with Crippen LogP contribution in [0.25, 0.3) is 0 Å². The molecule has 3 N–H and O–H groups in total. The van der Waals surface area contributed by atoms with Gasteiger partial charge in [-0.3, -0.25) is 4.99 Å². The molecule has 2 aliphatic carbocycles. The lowest BCUT2D eigenvalue weighted by Crippen LogP contribution is -2.36. The van der Waals surface area contributed by atoms with Gasteiger partial charge in [-0.05, 0) is 38.0 Å². The number of nitrogens with zero attached hydrogens (tertiary/aromatic N) is 1. The summed E-state index contributed by atoms with van der Waals surface area (Å²) in [5.41, 5.74) is 5.76. The van der Waals surface area contributed by atoms with Crippen LogP contribution in [0.1, 0.15) is 39.5 Å². The third kappa shape index (κ3) is 3.79. The third-order valence-corrected chi connectivity index (χ3v) is 3.67. The zero-order valence-corrected chi connectivity index (χ0v) is 12.6. The minimum absolute atomic E-state index is 0. The second-order valence-electron chi connectivity index (χ2n) is 5.38. The second-order valence-corrected chi connectivity index (χ2v) is 5.38. The number of guanidine groups is 1. The molecule has 0 bridgehead atoms. The van der Waals surface area contributed by atoms with E-state index >= 15 is 0 Å². The summed E-state index contributed by atoms with van der Waals surface area (Å²) in [5.74, 6) is 3.46. The maximum absolute atomic E-state index is 5.76. The van der Waals surface area contributed by atoms with Crippen LogP contribution in [0.5, 0.6) is 0 Å². The normalized spacial score (nSPS) is 29.6. The van der Waals surface area contributed by atoms with E-state index < -0.39 is 0 Å². The Labute approximate surface area is 116 Å². The zero-order chi connectivity index (χ0) is 10.8. The average molecular weight is 337 g/mol. The van der Waals surface area contributed by atoms with Gasteiger partial charge in [-0.25, -0.2) is 0 Å². The van der Waals surface area contributed by atoms with E-state index in [9.17, 15) is 0 Å². The Balaban J connectivity index is 0.00000128. The fraction of sp³-hybridized carbons (Fsp3) is 0.917. The van der Waals surface area contributed by atoms with Crippen molar-refractivity contribution in [2.24, 2.45) is 28.5 Å². The molecule has 0 amide bonds. The molecule has 0 radical (unpaired) electrons. The van der Waals surface area contributed by atoms with Crippen LogP contribution >= 0.6 is 24.0 Å². The number of aliphatic imine (C=N–C) groups is 1. The highest BCUT2D eigenvalue weighted by molar-refractivity contribution is 14.0. The van der Waals surface area contributed by atoms with Crippen molar-refractivity contribution in [1.82, 2.24) is 5.32 Å². The van der Waals surface area contributed by atoms with Crippen LogP contribution in [-0.4, -0.2) is 18.5 Å². The van der Waals surface area contributed by atoms with Gasteiger partial charge in [0.2, 0.25) is 0 Å². The average Bonchev–Trinajstić information content (AvgIpc) is 2.76. The van der Waals surface area contributed by atoms with E-state index in [1.807, 2.05) is 0 Å². The Bertz CT molecular complexity index is 249. The maximum Gasteiger partial charge on any atom is 0.188 e. The van der Waals surface area contributed by atoms with Crippen molar-refractivity contribution < 1.29 is 0 Å². The van der Waals surface area contributed by atoms with Crippen molar-refractivity contribution in [2.75, 3.05) is 6.54 Å². The van der Waals surface area contributed by atoms with Gasteiger partial charge >= 0.3 is 0 Å². The highest BCUT2D eigenvalue weighted by atomic mass is 127. The lowest BCUT2D eigenvalue weighted by Gasteiger charge is -2.25. The molecular formula is C12H24IN3. The van der Waals surface area contributed by atoms with Crippen LogP contribution < -0.4 is 11.1 Å². The largest absolute Gasteiger partial charge is 0.370 e. The summed E-state index contributed by atoms with van der Waals surface area (Å²) in [6.07, 6.45) is 5.77. The summed E-state index contributed by atoms with van der Waals surface area (Å²) in [6, 6.07) is 0.385. The van der Waals surface area contributed by atoms with Crippen LogP contribution in [-0.2, 0) is 0 Å². The molecule has 0 aromatic heterocycles. The molecule has 0 heterocycles. The molecule has 0 aliphatic heterocycles. The van der Waals surface area contributed by atoms with E-state index in [4.69, 9.17) is 5.73 Å². The number of hydrogen-bond acceptors (Lipinski definition) is 1. The molecule has 2 aliphatic rings. The Morgan fingerprint density at radius 3 is 2.62 bits per heavy atom. The third-order valence-electron chi connectivity index (χ3n) is 3.67. The number of nitrogens with two attached hydrogens (primary N) is 1. The summed E-state index contributed by atoms with van der Waals surface area (Å²) >= 11 is 0. The first-order valence-electron chi connectivity index (χ1n) is 6.23. The van der Waals surface area contributed by atoms with Gasteiger partial charge in [-0.2, -0.15) is 0 Å². The molecule has 0 unspecified atom stereocenters. The molecule has 2 saturated carbocycles. The Morgan fingerprint density at radius 1 is 1.44 bits per heavy atom. The van der Waals surface area contributed by atoms with Crippen molar-refractivity contribution in [1.29, 1.82) is 0 Å². The van der Waals surface area contributed by atoms with Gasteiger partial charge in [0.25, 0.3) is 0 Å². The molecule has 0 aromatic rings. The number of halogens is 1. The van der Waals surface area contributed by atoms with Gasteiger partial charge in [0.15, 0.2) is 5.96 Å². The molecule has 2 rings (SSSR count). The molecule has 3 nitrogen and oxygen atoms in total. The van der Waals surface area contributed by atoms with Gasteiger partial charge in [-0.1, -0.05) is 19.3 Å². The van der Waals surface area contributed by atoms with Crippen LogP contribution in [0.4, 0.5) is 0 Å². The monoisotopic (exact) mass is 337 g/mol. The summed E-state index contributed by atoms with van der Waals surface area (Å²) in [7, 11) is 0. The topological polar surface area (TPSA) is 50.4 Å². The van der Waals surface area contributed by atoms with Crippen LogP contribution in [0.3, 0.4) is 0 Å². The van der Waals surface area contributed by atoms with Gasteiger partial charge in [0.1, 0.15) is 0 Å². The first-order valence-corrected chi connectivity index (χ1v) is 6.23. The summed E-state index contributed by atoms with van der Waals surface area (Å²) < 4.78 is 0. The molecule has 0 aromatic carbocycles. The lowest BCUT2D eigenvalue weighted by molar-refractivity contribution is 0.266. The van der Waals surface area contributed by atoms with E-state index in [0.717, 1.165) is 24.3 Å². The number of hydrogen-bond donors (Lipinski definition) is 2. The van der Waals surface area contributed by atoms with Gasteiger partial charge in [0, 0.05) is 12.6 Å². The number of nitrogens with one attached hydrogen (secondary N) is 1. The molecular weight excluding hydrogens is 313 g/mol. The Hall–Kier alpha value is 0. The number of rotatable bonds is 4. The van der Waals surface area contributed by atoms with Gasteiger partial charge in [-0.15, -0.1) is 24.0 Å². The molecule has 94 valence electrons. The SMILES string of the molecule is CC(C)NC(N)=NC[C@@H]1C[C@H]1C1CCC1.I. The van der Waals surface area contributed by atoms with Crippen molar-refractivity contribution in [3.63, 3.8) is 0 Å². The van der Waals surface area contributed by atoms with Gasteiger partial charge < -0.3 is 11.1 Å². The molecule has 0 spiro atoms. The quantitative estimate of drug-likeness (QED) is 0.470. The zero-order valence-electron chi connectivity index (χ0n) is 10.3. The van der Waals surface area contributed by atoms with E-state index in [0.29, 0.717) is 12.0 Å². The molecule has 2 atom stereocenters. The molecule has 4 heteroatoms. The Kier molecular flexibility index (Phi) is 5.34. The van der Waals surface area contributed by atoms with Crippen LogP contribution in [0.2, 0.25) is 0 Å². The summed E-state index contributed by atoms with van der Waals surface area (Å²) in [6.45, 7) is 5.10. The first-order chi connectivity index (χ1) is 7.16. The minimum atomic E-state index is 0. The van der Waals surface area contributed by atoms with Gasteiger partial charge in [0.05, 0.1) is 0 Å². The van der Waals surface area contributed by atoms with E-state index in [1.54, 1.807) is 0 Å². The highest BCUT2D eigenvalue weighted by Gasteiger charge is 2.44. The van der Waals surface area contributed by atoms with E-state index in [2.05, 4.69) is 24.2 Å². The summed E-state index contributed by atoms with van der Waals surface area (Å²) in [5, 5.41) is 3.13. The highest BCUT2D eigenvalue weighted by Crippen LogP contribution is 2.51. The van der Waals surface area contributed by atoms with Crippen LogP contribution in [0.15, 0.2) is 4.99 Å². The van der Waals surface area contributed by atoms with Crippen molar-refractivity contribution in [3.8, 4) is 0 Å². The molecule has 16 heavy (non-hydrogen) atoms. The fourth-order valence-corrected chi connectivity index (χ4v) is 2.48. The smallest absolute Gasteiger partial charge is 0.188 e. The minimum Gasteiger partial charge on any atom is -0.370 e. The second kappa shape index (κ2) is 6.07. The van der Waals surface area contributed by atoms with E-state index in [-0.39, 0.29) is 24.0 Å². The molecule has 2 fully saturated rings. The predicted molar refractivity (Wildman–Crippen MR) is 79.1 cm³/mol. The Morgan fingerprint density at radius 2 is 2.12 bits per heavy atom. The first kappa shape index (κ1) is 14.1. The fourth-order valence-electron chi connectivity index (χ4n) is 2.48. The van der Waals surface area contributed by atoms with Crippen molar-refractivity contribution in [3.05, 3.63) is 0 Å². The maximum atomic E-state index is 5.76. The van der Waals surface area contributed by atoms with Crippen molar-refractivity contribution >= 4 is 29.9 Å². The lowest BCUT2D eigenvalue weighted by atomic mass is 9.81. The van der Waals surface area contributed by atoms with Crippen molar-refractivity contribution in [2.45, 2.75) is 45.6 Å². The molecule has 0 saturated heterocycles. The van der Waals surface area contributed by atoms with E-state index in [1.165, 1.54) is 25.7 Å². The standard InChI is InChI=1S/C12H23N3.HI/c1-8(2)15-12(13)14-7-10-6-11(10)9-4-3-5-9;/h8-11H,3-7H2,1-2H3,(H3,13,14,15);1H/t10-,11-;/m0./s1. The summed E-state index contributed by atoms with van der Waals surface area (Å²) in [4.78, 5) is 4.40. The van der Waals surface area contributed by atoms with Crippen LogP contribution in [0, 0.1) is 17.8 Å². The predicted octanol–water partition coefficient (Wildman–Crippen LogP) is 2.35.